The highest BCUT2D eigenvalue weighted by atomic mass is 35.5. The van der Waals surface area contributed by atoms with E-state index in [1.54, 1.807) is 31.2 Å². The summed E-state index contributed by atoms with van der Waals surface area (Å²) in [6, 6.07) is 14.3. The first-order chi connectivity index (χ1) is 14.9. The van der Waals surface area contributed by atoms with Crippen molar-refractivity contribution in [3.8, 4) is 22.9 Å². The lowest BCUT2D eigenvalue weighted by Gasteiger charge is -2.06. The summed E-state index contributed by atoms with van der Waals surface area (Å²) in [5.41, 5.74) is 5.43. The summed E-state index contributed by atoms with van der Waals surface area (Å²) < 4.78 is 5.75. The second kappa shape index (κ2) is 7.14. The molecule has 1 amide bonds. The smallest absolute Gasteiger partial charge is 0.336 e. The van der Waals surface area contributed by atoms with Gasteiger partial charge in [-0.05, 0) is 60.0 Å². The fourth-order valence-corrected chi connectivity index (χ4v) is 3.96. The molecule has 7 nitrogen and oxygen atoms in total. The molecule has 1 aromatic heterocycles. The predicted molar refractivity (Wildman–Crippen MR) is 116 cm³/mol. The molecule has 2 heterocycles. The maximum Gasteiger partial charge on any atom is 0.336 e. The van der Waals surface area contributed by atoms with Gasteiger partial charge in [-0.25, -0.2) is 4.79 Å². The summed E-state index contributed by atoms with van der Waals surface area (Å²) in [6.07, 6.45) is 0. The average Bonchev–Trinajstić information content (AvgIpc) is 3.30. The number of carbonyl (C=O) groups excluding carboxylic acids is 1. The van der Waals surface area contributed by atoms with Gasteiger partial charge < -0.3 is 20.1 Å². The molecular weight excluding hydrogens is 418 g/mol. The van der Waals surface area contributed by atoms with Crippen LogP contribution >= 0.6 is 11.6 Å². The highest BCUT2D eigenvalue weighted by molar-refractivity contribution is 6.34. The van der Waals surface area contributed by atoms with Crippen LogP contribution < -0.4 is 10.1 Å². The van der Waals surface area contributed by atoms with Crippen LogP contribution in [0.15, 0.2) is 48.5 Å². The molecule has 0 bridgehead atoms. The van der Waals surface area contributed by atoms with Gasteiger partial charge in [0.25, 0.3) is 11.9 Å². The zero-order chi connectivity index (χ0) is 21.7. The number of ether oxygens (including phenoxy) is 1. The zero-order valence-corrected chi connectivity index (χ0v) is 17.1. The van der Waals surface area contributed by atoms with E-state index in [0.717, 1.165) is 16.7 Å². The maximum absolute atomic E-state index is 11.8. The Morgan fingerprint density at radius 3 is 2.77 bits per heavy atom. The molecule has 3 aromatic carbocycles. The first-order valence-corrected chi connectivity index (χ1v) is 9.89. The molecule has 0 radical (unpaired) electrons. The monoisotopic (exact) mass is 433 g/mol. The number of fused-ring (bicyclic) bond motifs is 2. The van der Waals surface area contributed by atoms with E-state index < -0.39 is 5.97 Å². The first kappa shape index (κ1) is 19.1. The summed E-state index contributed by atoms with van der Waals surface area (Å²) in [7, 11) is 0. The van der Waals surface area contributed by atoms with Gasteiger partial charge in [-0.1, -0.05) is 23.7 Å². The Morgan fingerprint density at radius 2 is 1.97 bits per heavy atom. The van der Waals surface area contributed by atoms with Crippen molar-refractivity contribution in [3.63, 3.8) is 0 Å². The van der Waals surface area contributed by atoms with Crippen LogP contribution in [0.1, 0.15) is 31.8 Å². The van der Waals surface area contributed by atoms with Gasteiger partial charge in [-0.2, -0.15) is 4.98 Å². The van der Waals surface area contributed by atoms with Gasteiger partial charge in [0, 0.05) is 17.7 Å². The average molecular weight is 434 g/mol. The minimum atomic E-state index is -1.02. The van der Waals surface area contributed by atoms with Crippen LogP contribution in [0.4, 0.5) is 0 Å². The lowest BCUT2D eigenvalue weighted by molar-refractivity contribution is 0.0695. The third kappa shape index (κ3) is 3.39. The van der Waals surface area contributed by atoms with E-state index in [0.29, 0.717) is 39.5 Å². The van der Waals surface area contributed by atoms with Crippen LogP contribution in [0, 0.1) is 6.92 Å². The number of H-pyrrole nitrogens is 1. The fourth-order valence-electron chi connectivity index (χ4n) is 3.68. The van der Waals surface area contributed by atoms with Crippen molar-refractivity contribution in [1.82, 2.24) is 15.3 Å². The molecule has 4 aromatic rings. The Morgan fingerprint density at radius 1 is 1.13 bits per heavy atom. The Bertz CT molecular complexity index is 1390. The van der Waals surface area contributed by atoms with Crippen LogP contribution in [0.3, 0.4) is 0 Å². The van der Waals surface area contributed by atoms with Gasteiger partial charge in [0.15, 0.2) is 0 Å². The van der Waals surface area contributed by atoms with Crippen molar-refractivity contribution in [2.45, 2.75) is 13.5 Å². The summed E-state index contributed by atoms with van der Waals surface area (Å²) in [5.74, 6) is -0.723. The standard InChI is InChI=1S/C23H16ClN3O4/c1-11-2-4-14(7-16(11)22(29)30)31-23-26-19-8-17(18(24)9-20(19)27-23)12-3-5-15-13(6-12)10-25-21(15)28/h2-9H,10H2,1H3,(H,25,28)(H,26,27)(H,29,30). The Balaban J connectivity index is 1.50. The molecule has 154 valence electrons. The number of aryl methyl sites for hydroxylation is 1. The quantitative estimate of drug-likeness (QED) is 0.423. The number of imidazole rings is 1. The molecule has 1 aliphatic rings. The highest BCUT2D eigenvalue weighted by Crippen LogP contribution is 2.34. The lowest BCUT2D eigenvalue weighted by Crippen LogP contribution is -2.12. The fraction of sp³-hybridized carbons (Fsp3) is 0.0870. The molecule has 0 aliphatic carbocycles. The number of benzene rings is 3. The number of nitrogens with zero attached hydrogens (tertiary/aromatic N) is 1. The number of hydrogen-bond donors (Lipinski definition) is 3. The number of halogens is 1. The highest BCUT2D eigenvalue weighted by Gasteiger charge is 2.20. The van der Waals surface area contributed by atoms with Crippen molar-refractivity contribution in [3.05, 3.63) is 75.8 Å². The van der Waals surface area contributed by atoms with Crippen LogP contribution in [-0.4, -0.2) is 27.0 Å². The van der Waals surface area contributed by atoms with Crippen molar-refractivity contribution < 1.29 is 19.4 Å². The van der Waals surface area contributed by atoms with E-state index in [-0.39, 0.29) is 17.5 Å². The van der Waals surface area contributed by atoms with Crippen LogP contribution in [0.25, 0.3) is 22.2 Å². The summed E-state index contributed by atoms with van der Waals surface area (Å²) >= 11 is 6.52. The molecule has 31 heavy (non-hydrogen) atoms. The molecule has 0 unspecified atom stereocenters. The number of aromatic carboxylic acids is 1. The number of hydrogen-bond acceptors (Lipinski definition) is 4. The number of carboxylic acids is 1. The third-order valence-corrected chi connectivity index (χ3v) is 5.62. The molecule has 5 rings (SSSR count). The van der Waals surface area contributed by atoms with Crippen LogP contribution in [0.2, 0.25) is 5.02 Å². The Labute approximate surface area is 181 Å². The normalized spacial score (nSPS) is 12.6. The predicted octanol–water partition coefficient (Wildman–Crippen LogP) is 4.93. The third-order valence-electron chi connectivity index (χ3n) is 5.30. The Kier molecular flexibility index (Phi) is 4.41. The van der Waals surface area contributed by atoms with E-state index in [2.05, 4.69) is 15.3 Å². The molecule has 1 aliphatic heterocycles. The molecular formula is C23H16ClN3O4. The maximum atomic E-state index is 11.8. The number of rotatable bonds is 4. The van der Waals surface area contributed by atoms with Crippen molar-refractivity contribution in [1.29, 1.82) is 0 Å². The molecule has 0 fully saturated rings. The molecule has 0 saturated heterocycles. The number of nitrogens with one attached hydrogen (secondary N) is 2. The SMILES string of the molecule is Cc1ccc(Oc2nc3cc(-c4ccc5c(c4)CNC5=O)c(Cl)cc3[nH]2)cc1C(=O)O. The number of carboxylic acid groups (broad SMARTS) is 1. The van der Waals surface area contributed by atoms with E-state index in [4.69, 9.17) is 16.3 Å². The Hall–Kier alpha value is -3.84. The van der Waals surface area contributed by atoms with Gasteiger partial charge in [0.2, 0.25) is 0 Å². The molecule has 0 spiro atoms. The number of aromatic nitrogens is 2. The second-order valence-electron chi connectivity index (χ2n) is 7.33. The van der Waals surface area contributed by atoms with Gasteiger partial charge in [-0.15, -0.1) is 0 Å². The molecule has 8 heteroatoms. The number of amides is 1. The lowest BCUT2D eigenvalue weighted by atomic mass is 10.00. The topological polar surface area (TPSA) is 104 Å². The van der Waals surface area contributed by atoms with Crippen molar-refractivity contribution in [2.24, 2.45) is 0 Å². The minimum absolute atomic E-state index is 0.0700. The summed E-state index contributed by atoms with van der Waals surface area (Å²) in [5, 5.41) is 12.6. The number of aromatic amines is 1. The minimum Gasteiger partial charge on any atom is -0.478 e. The molecule has 0 atom stereocenters. The second-order valence-corrected chi connectivity index (χ2v) is 7.74. The van der Waals surface area contributed by atoms with Crippen LogP contribution in [-0.2, 0) is 6.54 Å². The van der Waals surface area contributed by atoms with Crippen molar-refractivity contribution >= 4 is 34.5 Å². The summed E-state index contributed by atoms with van der Waals surface area (Å²) in [6.45, 7) is 2.22. The largest absolute Gasteiger partial charge is 0.478 e. The van der Waals surface area contributed by atoms with Gasteiger partial charge >= 0.3 is 5.97 Å². The molecule has 3 N–H and O–H groups in total. The van der Waals surface area contributed by atoms with Gasteiger partial charge in [-0.3, -0.25) is 4.79 Å². The summed E-state index contributed by atoms with van der Waals surface area (Å²) in [4.78, 5) is 30.7. The van der Waals surface area contributed by atoms with E-state index >= 15 is 0 Å². The van der Waals surface area contributed by atoms with E-state index in [1.165, 1.54) is 6.07 Å². The van der Waals surface area contributed by atoms with Crippen LogP contribution in [0.5, 0.6) is 11.8 Å². The van der Waals surface area contributed by atoms with Crippen molar-refractivity contribution in [2.75, 3.05) is 0 Å². The number of carbonyl (C=O) groups is 2. The van der Waals surface area contributed by atoms with Gasteiger partial charge in [0.05, 0.1) is 21.6 Å². The zero-order valence-electron chi connectivity index (χ0n) is 16.3. The molecule has 0 saturated carbocycles. The van der Waals surface area contributed by atoms with E-state index in [1.807, 2.05) is 18.2 Å². The first-order valence-electron chi connectivity index (χ1n) is 9.51. The van der Waals surface area contributed by atoms with Gasteiger partial charge in [0.1, 0.15) is 5.75 Å². The van der Waals surface area contributed by atoms with E-state index in [9.17, 15) is 14.7 Å².